The lowest BCUT2D eigenvalue weighted by atomic mass is 9.95. The lowest BCUT2D eigenvalue weighted by Crippen LogP contribution is -2.33. The van der Waals surface area contributed by atoms with E-state index in [1.807, 2.05) is 6.20 Å². The topological polar surface area (TPSA) is 20.5 Å². The van der Waals surface area contributed by atoms with Crippen LogP contribution in [0.1, 0.15) is 24.2 Å². The number of nitrogens with zero attached hydrogens (tertiary/aromatic N) is 3. The maximum atomic E-state index is 4.60. The summed E-state index contributed by atoms with van der Waals surface area (Å²) in [6.45, 7) is 4.58. The molecule has 3 heteroatoms. The van der Waals surface area contributed by atoms with Gasteiger partial charge in [0, 0.05) is 19.2 Å². The third-order valence-corrected chi connectivity index (χ3v) is 3.96. The summed E-state index contributed by atoms with van der Waals surface area (Å²) in [7, 11) is 2.22. The minimum absolute atomic E-state index is 0.760. The predicted octanol–water partition coefficient (Wildman–Crippen LogP) is 2.53. The first-order chi connectivity index (χ1) is 8.72. The van der Waals surface area contributed by atoms with E-state index < -0.39 is 0 Å². The van der Waals surface area contributed by atoms with Crippen LogP contribution in [0.3, 0.4) is 0 Å². The monoisotopic (exact) mass is 243 g/mol. The highest BCUT2D eigenvalue weighted by Crippen LogP contribution is 2.20. The molecule has 0 spiro atoms. The molecule has 3 rings (SSSR count). The largest absolute Gasteiger partial charge is 0.306 e. The zero-order valence-corrected chi connectivity index (χ0v) is 11.3. The molecule has 1 fully saturated rings. The van der Waals surface area contributed by atoms with Crippen molar-refractivity contribution in [3.63, 3.8) is 0 Å². The first-order valence-corrected chi connectivity index (χ1v) is 6.83. The van der Waals surface area contributed by atoms with Crippen LogP contribution in [0.2, 0.25) is 0 Å². The molecule has 2 aromatic rings. The van der Waals surface area contributed by atoms with Gasteiger partial charge in [-0.3, -0.25) is 0 Å². The molecule has 0 aromatic carbocycles. The fourth-order valence-electron chi connectivity index (χ4n) is 3.02. The molecular formula is C15H21N3. The van der Waals surface area contributed by atoms with Crippen molar-refractivity contribution in [2.24, 2.45) is 5.92 Å². The molecule has 1 aliphatic rings. The van der Waals surface area contributed by atoms with E-state index >= 15 is 0 Å². The third-order valence-electron chi connectivity index (χ3n) is 3.96. The Morgan fingerprint density at radius 1 is 1.44 bits per heavy atom. The van der Waals surface area contributed by atoms with Gasteiger partial charge in [-0.2, -0.15) is 0 Å². The van der Waals surface area contributed by atoms with E-state index in [0.717, 1.165) is 12.3 Å². The lowest BCUT2D eigenvalue weighted by Gasteiger charge is -2.29. The minimum atomic E-state index is 0.760. The van der Waals surface area contributed by atoms with Gasteiger partial charge in [0.2, 0.25) is 0 Å². The van der Waals surface area contributed by atoms with E-state index in [0.29, 0.717) is 0 Å². The normalized spacial score (nSPS) is 21.6. The highest BCUT2D eigenvalue weighted by molar-refractivity contribution is 5.48. The van der Waals surface area contributed by atoms with Crippen LogP contribution in [0.5, 0.6) is 0 Å². The number of piperidine rings is 1. The molecule has 0 bridgehead atoms. The number of fused-ring (bicyclic) bond motifs is 1. The molecule has 0 amide bonds. The second-order valence-electron chi connectivity index (χ2n) is 5.65. The van der Waals surface area contributed by atoms with Crippen molar-refractivity contribution in [2.45, 2.75) is 26.2 Å². The minimum Gasteiger partial charge on any atom is -0.306 e. The molecule has 18 heavy (non-hydrogen) atoms. The van der Waals surface area contributed by atoms with Gasteiger partial charge in [0.1, 0.15) is 5.82 Å². The Bertz CT molecular complexity index is 544. The lowest BCUT2D eigenvalue weighted by molar-refractivity contribution is 0.207. The summed E-state index contributed by atoms with van der Waals surface area (Å²) in [6.07, 6.45) is 7.91. The molecule has 0 radical (unpaired) electrons. The molecule has 0 saturated carbocycles. The van der Waals surface area contributed by atoms with Crippen molar-refractivity contribution >= 4 is 5.52 Å². The second-order valence-corrected chi connectivity index (χ2v) is 5.65. The van der Waals surface area contributed by atoms with Crippen molar-refractivity contribution in [3.8, 4) is 0 Å². The van der Waals surface area contributed by atoms with Crippen molar-refractivity contribution in [1.29, 1.82) is 0 Å². The summed E-state index contributed by atoms with van der Waals surface area (Å²) in [6, 6.07) is 4.36. The average molecular weight is 243 g/mol. The highest BCUT2D eigenvalue weighted by Gasteiger charge is 2.19. The number of aromatic nitrogens is 2. The smallest absolute Gasteiger partial charge is 0.113 e. The summed E-state index contributed by atoms with van der Waals surface area (Å²) in [4.78, 5) is 7.04. The number of likely N-dealkylation sites (tertiary alicyclic amines) is 1. The number of pyridine rings is 1. The summed E-state index contributed by atoms with van der Waals surface area (Å²) in [5.41, 5.74) is 2.51. The van der Waals surface area contributed by atoms with Crippen molar-refractivity contribution in [1.82, 2.24) is 14.3 Å². The Morgan fingerprint density at radius 3 is 3.17 bits per heavy atom. The van der Waals surface area contributed by atoms with Crippen LogP contribution >= 0.6 is 0 Å². The van der Waals surface area contributed by atoms with Gasteiger partial charge in [-0.05, 0) is 57.0 Å². The van der Waals surface area contributed by atoms with E-state index in [-0.39, 0.29) is 0 Å². The van der Waals surface area contributed by atoms with Gasteiger partial charge in [-0.25, -0.2) is 4.98 Å². The Labute approximate surface area is 108 Å². The van der Waals surface area contributed by atoms with Crippen LogP contribution in [-0.2, 0) is 6.42 Å². The van der Waals surface area contributed by atoms with Gasteiger partial charge in [0.05, 0.1) is 11.7 Å². The third kappa shape index (κ3) is 2.27. The fraction of sp³-hybridized carbons (Fsp3) is 0.533. The fourth-order valence-corrected chi connectivity index (χ4v) is 3.02. The summed E-state index contributed by atoms with van der Waals surface area (Å²) in [5.74, 6) is 1.97. The molecule has 1 atom stereocenters. The van der Waals surface area contributed by atoms with Gasteiger partial charge >= 0.3 is 0 Å². The molecule has 96 valence electrons. The van der Waals surface area contributed by atoms with E-state index in [9.17, 15) is 0 Å². The predicted molar refractivity (Wildman–Crippen MR) is 73.9 cm³/mol. The zero-order valence-electron chi connectivity index (χ0n) is 11.3. The molecule has 0 N–H and O–H groups in total. The standard InChI is InChI=1S/C15H21N3/c1-12-5-7-18-14(8-12)10-16-15(18)9-13-4-3-6-17(2)11-13/h5,7-8,10,13H,3-4,6,9,11H2,1-2H3. The first kappa shape index (κ1) is 11.7. The SMILES string of the molecule is Cc1ccn2c(CC3CCCN(C)C3)ncc2c1. The summed E-state index contributed by atoms with van der Waals surface area (Å²) < 4.78 is 2.24. The van der Waals surface area contributed by atoms with Gasteiger partial charge < -0.3 is 9.30 Å². The summed E-state index contributed by atoms with van der Waals surface area (Å²) in [5, 5.41) is 0. The van der Waals surface area contributed by atoms with Crippen molar-refractivity contribution in [2.75, 3.05) is 20.1 Å². The Hall–Kier alpha value is -1.35. The zero-order chi connectivity index (χ0) is 12.5. The van der Waals surface area contributed by atoms with Crippen LogP contribution < -0.4 is 0 Å². The molecule has 1 saturated heterocycles. The molecule has 3 nitrogen and oxygen atoms in total. The van der Waals surface area contributed by atoms with Gasteiger partial charge in [0.25, 0.3) is 0 Å². The van der Waals surface area contributed by atoms with Gasteiger partial charge in [-0.15, -0.1) is 0 Å². The molecule has 1 unspecified atom stereocenters. The maximum Gasteiger partial charge on any atom is 0.113 e. The highest BCUT2D eigenvalue weighted by atomic mass is 15.1. The Balaban J connectivity index is 1.82. The van der Waals surface area contributed by atoms with Crippen LogP contribution in [0, 0.1) is 12.8 Å². The molecular weight excluding hydrogens is 222 g/mol. The molecule has 0 aliphatic carbocycles. The number of rotatable bonds is 2. The molecule has 1 aliphatic heterocycles. The Morgan fingerprint density at radius 2 is 2.33 bits per heavy atom. The second kappa shape index (κ2) is 4.73. The number of aryl methyl sites for hydroxylation is 1. The average Bonchev–Trinajstić information content (AvgIpc) is 2.72. The van der Waals surface area contributed by atoms with E-state index in [1.165, 1.54) is 42.8 Å². The molecule has 2 aromatic heterocycles. The van der Waals surface area contributed by atoms with E-state index in [1.54, 1.807) is 0 Å². The first-order valence-electron chi connectivity index (χ1n) is 6.83. The quantitative estimate of drug-likeness (QED) is 0.808. The van der Waals surface area contributed by atoms with Crippen LogP contribution in [0.4, 0.5) is 0 Å². The maximum absolute atomic E-state index is 4.60. The van der Waals surface area contributed by atoms with Crippen LogP contribution in [0.25, 0.3) is 5.52 Å². The van der Waals surface area contributed by atoms with E-state index in [4.69, 9.17) is 0 Å². The van der Waals surface area contributed by atoms with Crippen LogP contribution in [0.15, 0.2) is 24.5 Å². The van der Waals surface area contributed by atoms with Crippen molar-refractivity contribution < 1.29 is 0 Å². The summed E-state index contributed by atoms with van der Waals surface area (Å²) >= 11 is 0. The number of hydrogen-bond acceptors (Lipinski definition) is 2. The van der Waals surface area contributed by atoms with Crippen LogP contribution in [-0.4, -0.2) is 34.4 Å². The van der Waals surface area contributed by atoms with Gasteiger partial charge in [0.15, 0.2) is 0 Å². The molecule has 3 heterocycles. The van der Waals surface area contributed by atoms with E-state index in [2.05, 4.69) is 46.6 Å². The number of hydrogen-bond donors (Lipinski definition) is 0. The Kier molecular flexibility index (Phi) is 3.08. The van der Waals surface area contributed by atoms with Gasteiger partial charge in [-0.1, -0.05) is 0 Å². The van der Waals surface area contributed by atoms with Crippen molar-refractivity contribution in [3.05, 3.63) is 35.9 Å². The number of imidazole rings is 1.